The van der Waals surface area contributed by atoms with Crippen molar-refractivity contribution in [3.63, 3.8) is 0 Å². The Bertz CT molecular complexity index is 1130. The Hall–Kier alpha value is -3.39. The Kier molecular flexibility index (Phi) is 9.14. The van der Waals surface area contributed by atoms with E-state index in [9.17, 15) is 14.4 Å². The molecule has 8 nitrogen and oxygen atoms in total. The lowest BCUT2D eigenvalue weighted by Crippen LogP contribution is -2.50. The van der Waals surface area contributed by atoms with Gasteiger partial charge in [-0.3, -0.25) is 14.4 Å². The largest absolute Gasteiger partial charge is 0.366 e. The lowest BCUT2D eigenvalue weighted by molar-refractivity contribution is -0.136. The molecule has 2 N–H and O–H groups in total. The second-order valence-corrected chi connectivity index (χ2v) is 11.0. The molecule has 208 valence electrons. The van der Waals surface area contributed by atoms with Gasteiger partial charge < -0.3 is 25.3 Å². The zero-order valence-corrected chi connectivity index (χ0v) is 22.9. The van der Waals surface area contributed by atoms with Crippen molar-refractivity contribution in [3.8, 4) is 0 Å². The maximum atomic E-state index is 13.4. The van der Waals surface area contributed by atoms with Crippen LogP contribution in [0, 0.1) is 5.92 Å². The van der Waals surface area contributed by atoms with Gasteiger partial charge in [0, 0.05) is 57.3 Å². The van der Waals surface area contributed by atoms with Crippen LogP contribution in [0.4, 0.5) is 11.4 Å². The van der Waals surface area contributed by atoms with Crippen molar-refractivity contribution >= 4 is 29.1 Å². The number of piperazine rings is 1. The fraction of sp³-hybridized carbons (Fsp3) is 0.516. The number of anilines is 2. The maximum absolute atomic E-state index is 13.4. The smallest absolute Gasteiger partial charge is 0.253 e. The predicted octanol–water partition coefficient (Wildman–Crippen LogP) is 3.53. The molecule has 0 bridgehead atoms. The molecule has 8 heteroatoms. The molecule has 3 fully saturated rings. The molecule has 0 unspecified atom stereocenters. The summed E-state index contributed by atoms with van der Waals surface area (Å²) in [5.41, 5.74) is 3.08. The van der Waals surface area contributed by atoms with Gasteiger partial charge in [0.2, 0.25) is 11.8 Å². The third-order valence-electron chi connectivity index (χ3n) is 8.24. The second-order valence-electron chi connectivity index (χ2n) is 11.0. The average Bonchev–Trinajstić information content (AvgIpc) is 3.27. The summed E-state index contributed by atoms with van der Waals surface area (Å²) in [4.78, 5) is 45.7. The molecular weight excluding hydrogens is 490 g/mol. The highest BCUT2D eigenvalue weighted by Crippen LogP contribution is 2.31. The molecule has 0 atom stereocenters. The molecular formula is C31H41N5O3. The average molecular weight is 532 g/mol. The van der Waals surface area contributed by atoms with Gasteiger partial charge in [0.25, 0.3) is 5.91 Å². The first kappa shape index (κ1) is 27.2. The Morgan fingerprint density at radius 1 is 0.795 bits per heavy atom. The van der Waals surface area contributed by atoms with Crippen molar-refractivity contribution in [1.82, 2.24) is 15.1 Å². The summed E-state index contributed by atoms with van der Waals surface area (Å²) in [5.74, 6) is 0.361. The first-order valence-electron chi connectivity index (χ1n) is 14.6. The fourth-order valence-electron chi connectivity index (χ4n) is 6.03. The predicted molar refractivity (Wildman–Crippen MR) is 154 cm³/mol. The van der Waals surface area contributed by atoms with E-state index in [1.54, 1.807) is 0 Å². The van der Waals surface area contributed by atoms with Crippen molar-refractivity contribution < 1.29 is 14.4 Å². The lowest BCUT2D eigenvalue weighted by atomic mass is 9.88. The molecule has 3 aliphatic rings. The highest BCUT2D eigenvalue weighted by molar-refractivity contribution is 6.00. The number of carbonyl (C=O) groups is 3. The number of benzene rings is 2. The summed E-state index contributed by atoms with van der Waals surface area (Å²) >= 11 is 0. The highest BCUT2D eigenvalue weighted by atomic mass is 16.2. The van der Waals surface area contributed by atoms with Gasteiger partial charge in [0.1, 0.15) is 0 Å². The van der Waals surface area contributed by atoms with Crippen molar-refractivity contribution in [2.45, 2.75) is 44.9 Å². The van der Waals surface area contributed by atoms with Crippen LogP contribution in [0.3, 0.4) is 0 Å². The maximum Gasteiger partial charge on any atom is 0.253 e. The monoisotopic (exact) mass is 531 g/mol. The van der Waals surface area contributed by atoms with E-state index >= 15 is 0 Å². The zero-order chi connectivity index (χ0) is 27.0. The van der Waals surface area contributed by atoms with Crippen LogP contribution in [0.25, 0.3) is 0 Å². The first-order valence-corrected chi connectivity index (χ1v) is 14.6. The molecule has 0 spiro atoms. The SMILES string of the molecule is O=C(Cc1ccccc1)Nc1cc(C(=O)N2CCCNCC2)ccc1N1CCN(C(=O)C2CCCCC2)CC1. The molecule has 2 saturated heterocycles. The first-order chi connectivity index (χ1) is 19.1. The molecule has 1 saturated carbocycles. The Labute approximate surface area is 231 Å². The standard InChI is InChI=1S/C31H41N5O3/c37-29(22-24-8-3-1-4-9-24)33-27-23-26(31(39)35-16-7-14-32-15-17-35)12-13-28(27)34-18-20-36(21-19-34)30(38)25-10-5-2-6-11-25/h1,3-4,8-9,12-13,23,25,32H,2,5-7,10-11,14-22H2,(H,33,37). The Balaban J connectivity index is 1.32. The molecule has 39 heavy (non-hydrogen) atoms. The van der Waals surface area contributed by atoms with Crippen LogP contribution in [0.1, 0.15) is 54.4 Å². The van der Waals surface area contributed by atoms with Gasteiger partial charge >= 0.3 is 0 Å². The number of nitrogens with zero attached hydrogens (tertiary/aromatic N) is 3. The number of hydrogen-bond donors (Lipinski definition) is 2. The van der Waals surface area contributed by atoms with Crippen molar-refractivity contribution in [2.75, 3.05) is 62.6 Å². The normalized spacial score (nSPS) is 18.9. The fourth-order valence-corrected chi connectivity index (χ4v) is 6.03. The molecule has 3 amide bonds. The van der Waals surface area contributed by atoms with Crippen LogP contribution in [-0.4, -0.2) is 79.9 Å². The van der Waals surface area contributed by atoms with Crippen LogP contribution in [-0.2, 0) is 16.0 Å². The summed E-state index contributed by atoms with van der Waals surface area (Å²) in [7, 11) is 0. The summed E-state index contributed by atoms with van der Waals surface area (Å²) in [6, 6.07) is 15.3. The van der Waals surface area contributed by atoms with Gasteiger partial charge in [0.15, 0.2) is 0 Å². The Morgan fingerprint density at radius 2 is 1.56 bits per heavy atom. The summed E-state index contributed by atoms with van der Waals surface area (Å²) in [6.07, 6.45) is 6.76. The molecule has 0 aromatic heterocycles. The summed E-state index contributed by atoms with van der Waals surface area (Å²) in [5, 5.41) is 6.45. The van der Waals surface area contributed by atoms with Crippen molar-refractivity contribution in [3.05, 3.63) is 59.7 Å². The molecule has 2 aromatic rings. The van der Waals surface area contributed by atoms with E-state index in [1.807, 2.05) is 58.3 Å². The van der Waals surface area contributed by atoms with Crippen LogP contribution >= 0.6 is 0 Å². The van der Waals surface area contributed by atoms with Crippen molar-refractivity contribution in [1.29, 1.82) is 0 Å². The molecule has 0 radical (unpaired) electrons. The van der Waals surface area contributed by atoms with Gasteiger partial charge in [-0.1, -0.05) is 49.6 Å². The molecule has 2 aromatic carbocycles. The zero-order valence-electron chi connectivity index (χ0n) is 22.9. The van der Waals surface area contributed by atoms with E-state index in [4.69, 9.17) is 0 Å². The second kappa shape index (κ2) is 13.1. The van der Waals surface area contributed by atoms with Crippen LogP contribution in [0.2, 0.25) is 0 Å². The highest BCUT2D eigenvalue weighted by Gasteiger charge is 2.29. The van der Waals surface area contributed by atoms with Crippen LogP contribution < -0.4 is 15.5 Å². The minimum absolute atomic E-state index is 0.00768. The van der Waals surface area contributed by atoms with Crippen molar-refractivity contribution in [2.24, 2.45) is 5.92 Å². The third-order valence-corrected chi connectivity index (χ3v) is 8.24. The number of hydrogen-bond acceptors (Lipinski definition) is 5. The molecule has 2 heterocycles. The van der Waals surface area contributed by atoms with Crippen LogP contribution in [0.15, 0.2) is 48.5 Å². The van der Waals surface area contributed by atoms with E-state index < -0.39 is 0 Å². The Morgan fingerprint density at radius 3 is 2.33 bits per heavy atom. The van der Waals surface area contributed by atoms with Gasteiger partial charge in [-0.05, 0) is 49.6 Å². The number of carbonyl (C=O) groups excluding carboxylic acids is 3. The minimum Gasteiger partial charge on any atom is -0.366 e. The molecule has 2 aliphatic heterocycles. The number of nitrogens with one attached hydrogen (secondary N) is 2. The summed E-state index contributed by atoms with van der Waals surface area (Å²) in [6.45, 7) is 5.85. The topological polar surface area (TPSA) is 85.0 Å². The van der Waals surface area contributed by atoms with Crippen LogP contribution in [0.5, 0.6) is 0 Å². The van der Waals surface area contributed by atoms with E-state index in [0.717, 1.165) is 63.0 Å². The quantitative estimate of drug-likeness (QED) is 0.596. The van der Waals surface area contributed by atoms with E-state index in [-0.39, 0.29) is 24.2 Å². The number of amides is 3. The van der Waals surface area contributed by atoms with Gasteiger partial charge in [0.05, 0.1) is 17.8 Å². The van der Waals surface area contributed by atoms with Gasteiger partial charge in [-0.2, -0.15) is 0 Å². The third kappa shape index (κ3) is 6.98. The van der Waals surface area contributed by atoms with Gasteiger partial charge in [-0.25, -0.2) is 0 Å². The lowest BCUT2D eigenvalue weighted by Gasteiger charge is -2.39. The van der Waals surface area contributed by atoms with E-state index in [0.29, 0.717) is 49.9 Å². The molecule has 5 rings (SSSR count). The minimum atomic E-state index is -0.114. The summed E-state index contributed by atoms with van der Waals surface area (Å²) < 4.78 is 0. The van der Waals surface area contributed by atoms with E-state index in [1.165, 1.54) is 6.42 Å². The number of rotatable bonds is 6. The molecule has 1 aliphatic carbocycles. The van der Waals surface area contributed by atoms with Gasteiger partial charge in [-0.15, -0.1) is 0 Å². The van der Waals surface area contributed by atoms with E-state index in [2.05, 4.69) is 15.5 Å².